The molecule has 0 heterocycles. The van der Waals surface area contributed by atoms with Crippen LogP contribution >= 0.6 is 0 Å². The molecule has 0 amide bonds. The number of aryl methyl sites for hydroxylation is 1. The number of hydrogen-bond acceptors (Lipinski definition) is 2. The highest BCUT2D eigenvalue weighted by atomic mass is 16.4. The highest BCUT2D eigenvalue weighted by Crippen LogP contribution is 2.28. The second-order valence-electron chi connectivity index (χ2n) is 5.12. The van der Waals surface area contributed by atoms with E-state index in [0.717, 1.165) is 16.7 Å². The van der Waals surface area contributed by atoms with Gasteiger partial charge in [0.15, 0.2) is 0 Å². The maximum Gasteiger partial charge on any atom is 0.315 e. The molecule has 0 aliphatic heterocycles. The zero-order valence-electron chi connectivity index (χ0n) is 11.5. The van der Waals surface area contributed by atoms with Crippen molar-refractivity contribution in [3.05, 3.63) is 71.3 Å². The minimum Gasteiger partial charge on any atom is -0.481 e. The highest BCUT2D eigenvalue weighted by molar-refractivity contribution is 5.82. The van der Waals surface area contributed by atoms with Crippen molar-refractivity contribution >= 4 is 5.97 Å². The van der Waals surface area contributed by atoms with Crippen LogP contribution in [0.3, 0.4) is 0 Å². The molecular formula is C17H19NO2. The van der Waals surface area contributed by atoms with Gasteiger partial charge in [-0.05, 0) is 24.5 Å². The summed E-state index contributed by atoms with van der Waals surface area (Å²) in [5.41, 5.74) is 7.60. The lowest BCUT2D eigenvalue weighted by atomic mass is 9.75. The Balaban J connectivity index is 2.45. The molecule has 0 spiro atoms. The van der Waals surface area contributed by atoms with Crippen LogP contribution in [0.1, 0.15) is 16.7 Å². The lowest BCUT2D eigenvalue weighted by molar-refractivity contribution is -0.143. The fourth-order valence-corrected chi connectivity index (χ4v) is 2.40. The maximum absolute atomic E-state index is 11.9. The van der Waals surface area contributed by atoms with Crippen molar-refractivity contribution in [2.24, 2.45) is 5.73 Å². The number of nitrogens with two attached hydrogens (primary N) is 1. The van der Waals surface area contributed by atoms with Gasteiger partial charge in [0.05, 0.1) is 0 Å². The lowest BCUT2D eigenvalue weighted by Gasteiger charge is -2.29. The van der Waals surface area contributed by atoms with E-state index in [0.29, 0.717) is 6.42 Å². The number of carboxylic acid groups (broad SMARTS) is 1. The number of aliphatic carboxylic acids is 1. The van der Waals surface area contributed by atoms with E-state index in [1.807, 2.05) is 61.5 Å². The molecule has 0 fully saturated rings. The minimum absolute atomic E-state index is 0.0697. The Labute approximate surface area is 119 Å². The molecule has 0 aliphatic carbocycles. The molecule has 2 rings (SSSR count). The van der Waals surface area contributed by atoms with Crippen LogP contribution in [0.15, 0.2) is 54.6 Å². The minimum atomic E-state index is -1.07. The zero-order chi connectivity index (χ0) is 14.6. The van der Waals surface area contributed by atoms with Crippen molar-refractivity contribution < 1.29 is 9.90 Å². The number of hydrogen-bond donors (Lipinski definition) is 2. The summed E-state index contributed by atoms with van der Waals surface area (Å²) in [5.74, 6) is -0.882. The zero-order valence-corrected chi connectivity index (χ0v) is 11.5. The average Bonchev–Trinajstić information content (AvgIpc) is 2.46. The summed E-state index contributed by atoms with van der Waals surface area (Å²) in [7, 11) is 0. The predicted molar refractivity (Wildman–Crippen MR) is 79.7 cm³/mol. The lowest BCUT2D eigenvalue weighted by Crippen LogP contribution is -2.45. The van der Waals surface area contributed by atoms with Gasteiger partial charge in [-0.1, -0.05) is 60.2 Å². The van der Waals surface area contributed by atoms with Crippen LogP contribution in [-0.4, -0.2) is 17.6 Å². The smallest absolute Gasteiger partial charge is 0.315 e. The molecule has 2 aromatic carbocycles. The molecule has 0 bridgehead atoms. The van der Waals surface area contributed by atoms with Gasteiger partial charge in [0.2, 0.25) is 0 Å². The molecule has 3 heteroatoms. The summed E-state index contributed by atoms with van der Waals surface area (Å²) >= 11 is 0. The molecule has 20 heavy (non-hydrogen) atoms. The number of carboxylic acids is 1. The molecule has 3 N–H and O–H groups in total. The Hall–Kier alpha value is -2.13. The van der Waals surface area contributed by atoms with E-state index >= 15 is 0 Å². The predicted octanol–water partition coefficient (Wildman–Crippen LogP) is 2.52. The quantitative estimate of drug-likeness (QED) is 0.876. The first kappa shape index (κ1) is 14.3. The molecule has 0 radical (unpaired) electrons. The number of carbonyl (C=O) groups is 1. The van der Waals surface area contributed by atoms with Crippen LogP contribution in [0.4, 0.5) is 0 Å². The molecule has 3 nitrogen and oxygen atoms in total. The van der Waals surface area contributed by atoms with Gasteiger partial charge in [0.25, 0.3) is 0 Å². The standard InChI is InChI=1S/C17H19NO2/c1-13-7-9-15(10-8-13)17(12-18,16(19)20)11-14-5-3-2-4-6-14/h2-10H,11-12,18H2,1H3,(H,19,20). The van der Waals surface area contributed by atoms with Crippen molar-refractivity contribution in [2.75, 3.05) is 6.54 Å². The van der Waals surface area contributed by atoms with Crippen LogP contribution in [0.2, 0.25) is 0 Å². The summed E-state index contributed by atoms with van der Waals surface area (Å²) in [4.78, 5) is 11.9. The van der Waals surface area contributed by atoms with E-state index in [1.165, 1.54) is 0 Å². The first-order valence-corrected chi connectivity index (χ1v) is 6.63. The van der Waals surface area contributed by atoms with Crippen LogP contribution in [-0.2, 0) is 16.6 Å². The average molecular weight is 269 g/mol. The molecule has 1 atom stereocenters. The van der Waals surface area contributed by atoms with Gasteiger partial charge in [-0.15, -0.1) is 0 Å². The van der Waals surface area contributed by atoms with E-state index in [4.69, 9.17) is 5.73 Å². The summed E-state index contributed by atoms with van der Waals surface area (Å²) in [6, 6.07) is 17.2. The highest BCUT2D eigenvalue weighted by Gasteiger charge is 2.39. The SMILES string of the molecule is Cc1ccc(C(CN)(Cc2ccccc2)C(=O)O)cc1. The van der Waals surface area contributed by atoms with Gasteiger partial charge in [0, 0.05) is 6.54 Å². The van der Waals surface area contributed by atoms with E-state index in [9.17, 15) is 9.90 Å². The molecule has 1 unspecified atom stereocenters. The Kier molecular flexibility index (Phi) is 4.20. The normalized spacial score (nSPS) is 13.7. The van der Waals surface area contributed by atoms with Gasteiger partial charge in [-0.2, -0.15) is 0 Å². The van der Waals surface area contributed by atoms with E-state index in [2.05, 4.69) is 0 Å². The van der Waals surface area contributed by atoms with Gasteiger partial charge >= 0.3 is 5.97 Å². The van der Waals surface area contributed by atoms with Crippen LogP contribution in [0.5, 0.6) is 0 Å². The maximum atomic E-state index is 11.9. The Morgan fingerprint density at radius 1 is 1.10 bits per heavy atom. The van der Waals surface area contributed by atoms with Crippen LogP contribution < -0.4 is 5.73 Å². The Morgan fingerprint density at radius 3 is 2.20 bits per heavy atom. The van der Waals surface area contributed by atoms with Crippen molar-refractivity contribution in [1.82, 2.24) is 0 Å². The van der Waals surface area contributed by atoms with Crippen molar-refractivity contribution in [2.45, 2.75) is 18.8 Å². The molecule has 104 valence electrons. The molecule has 0 aromatic heterocycles. The fourth-order valence-electron chi connectivity index (χ4n) is 2.40. The summed E-state index contributed by atoms with van der Waals surface area (Å²) in [5, 5.41) is 9.73. The Morgan fingerprint density at radius 2 is 1.70 bits per heavy atom. The van der Waals surface area contributed by atoms with Crippen molar-refractivity contribution in [3.63, 3.8) is 0 Å². The fraction of sp³-hybridized carbons (Fsp3) is 0.235. The third-order valence-corrected chi connectivity index (χ3v) is 3.71. The van der Waals surface area contributed by atoms with Crippen LogP contribution in [0, 0.1) is 6.92 Å². The summed E-state index contributed by atoms with van der Waals surface area (Å²) in [6.07, 6.45) is 0.392. The summed E-state index contributed by atoms with van der Waals surface area (Å²) < 4.78 is 0. The molecular weight excluding hydrogens is 250 g/mol. The first-order valence-electron chi connectivity index (χ1n) is 6.63. The topological polar surface area (TPSA) is 63.3 Å². The third-order valence-electron chi connectivity index (χ3n) is 3.71. The second-order valence-corrected chi connectivity index (χ2v) is 5.12. The first-order chi connectivity index (χ1) is 9.58. The van der Waals surface area contributed by atoms with E-state index in [1.54, 1.807) is 0 Å². The largest absolute Gasteiger partial charge is 0.481 e. The molecule has 0 saturated heterocycles. The van der Waals surface area contributed by atoms with E-state index in [-0.39, 0.29) is 6.54 Å². The van der Waals surface area contributed by atoms with Gasteiger partial charge < -0.3 is 10.8 Å². The number of rotatable bonds is 5. The van der Waals surface area contributed by atoms with Gasteiger partial charge in [-0.25, -0.2) is 0 Å². The number of benzene rings is 2. The molecule has 0 saturated carbocycles. The van der Waals surface area contributed by atoms with Crippen molar-refractivity contribution in [3.8, 4) is 0 Å². The van der Waals surface area contributed by atoms with Gasteiger partial charge in [0.1, 0.15) is 5.41 Å². The molecule has 2 aromatic rings. The summed E-state index contributed by atoms with van der Waals surface area (Å²) in [6.45, 7) is 2.05. The monoisotopic (exact) mass is 269 g/mol. The van der Waals surface area contributed by atoms with Gasteiger partial charge in [-0.3, -0.25) is 4.79 Å². The van der Waals surface area contributed by atoms with Crippen LogP contribution in [0.25, 0.3) is 0 Å². The van der Waals surface area contributed by atoms with Crippen molar-refractivity contribution in [1.29, 1.82) is 0 Å². The third kappa shape index (κ3) is 2.73. The van der Waals surface area contributed by atoms with E-state index < -0.39 is 11.4 Å². The Bertz CT molecular complexity index is 578. The molecule has 0 aliphatic rings. The second kappa shape index (κ2) is 5.88.